The summed E-state index contributed by atoms with van der Waals surface area (Å²) >= 11 is 0. The predicted molar refractivity (Wildman–Crippen MR) is 102 cm³/mol. The van der Waals surface area contributed by atoms with Crippen molar-refractivity contribution in [1.29, 1.82) is 0 Å². The van der Waals surface area contributed by atoms with Gasteiger partial charge < -0.3 is 15.0 Å². The molecule has 0 spiro atoms. The van der Waals surface area contributed by atoms with Crippen LogP contribution < -0.4 is 10.2 Å². The van der Waals surface area contributed by atoms with E-state index in [9.17, 15) is 49.1 Å². The minimum Gasteiger partial charge on any atom is -0.384 e. The smallest absolute Gasteiger partial charge is 0.384 e. The van der Waals surface area contributed by atoms with Crippen LogP contribution in [-0.2, 0) is 4.74 Å². The summed E-state index contributed by atoms with van der Waals surface area (Å²) in [5, 5.41) is 1.31. The van der Waals surface area contributed by atoms with Crippen LogP contribution in [0.25, 0.3) is 10.8 Å². The number of anilines is 2. The van der Waals surface area contributed by atoms with E-state index in [0.717, 1.165) is 17.0 Å². The molecule has 1 N–H and O–H groups in total. The van der Waals surface area contributed by atoms with Crippen LogP contribution in [0.3, 0.4) is 0 Å². The summed E-state index contributed by atoms with van der Waals surface area (Å²) in [4.78, 5) is 25.3. The number of hydrogen-bond acceptors (Lipinski definition) is 5. The van der Waals surface area contributed by atoms with E-state index in [-0.39, 0.29) is 12.6 Å². The Balaban J connectivity index is 2.54. The lowest BCUT2D eigenvalue weighted by Crippen LogP contribution is -2.36. The van der Waals surface area contributed by atoms with Gasteiger partial charge in [0.1, 0.15) is 6.73 Å². The Hall–Kier alpha value is -3.03. The van der Waals surface area contributed by atoms with Crippen LogP contribution >= 0.6 is 0 Å². The monoisotopic (exact) mass is 502 g/mol. The molecule has 1 heterocycles. The van der Waals surface area contributed by atoms with Gasteiger partial charge in [-0.1, -0.05) is 12.1 Å². The molecule has 3 rings (SSSR count). The second-order valence-electron chi connectivity index (χ2n) is 7.37. The number of carbonyl (C=O) groups excluding carboxylic acids is 2. The van der Waals surface area contributed by atoms with Crippen molar-refractivity contribution in [3.05, 3.63) is 34.9 Å². The lowest BCUT2D eigenvalue weighted by atomic mass is 9.89. The van der Waals surface area contributed by atoms with Gasteiger partial charge in [-0.15, -0.1) is 0 Å². The van der Waals surface area contributed by atoms with Crippen LogP contribution in [0.1, 0.15) is 39.3 Å². The highest BCUT2D eigenvalue weighted by atomic mass is 19.4. The minimum absolute atomic E-state index is 0.0962. The van der Waals surface area contributed by atoms with Gasteiger partial charge in [-0.3, -0.25) is 9.59 Å². The number of fused-ring (bicyclic) bond motifs is 3. The van der Waals surface area contributed by atoms with E-state index in [1.807, 2.05) is 0 Å². The fourth-order valence-electron chi connectivity index (χ4n) is 3.79. The number of rotatable bonds is 4. The summed E-state index contributed by atoms with van der Waals surface area (Å²) < 4.78 is 125. The van der Waals surface area contributed by atoms with Crippen LogP contribution in [-0.4, -0.2) is 50.4 Å². The quantitative estimate of drug-likeness (QED) is 0.424. The highest BCUT2D eigenvalue weighted by Crippen LogP contribution is 2.49. The van der Waals surface area contributed by atoms with E-state index in [1.54, 1.807) is 0 Å². The molecule has 0 radical (unpaired) electrons. The molecule has 0 aliphatic carbocycles. The van der Waals surface area contributed by atoms with Crippen LogP contribution in [0.15, 0.2) is 18.2 Å². The highest BCUT2D eigenvalue weighted by molar-refractivity contribution is 6.22. The van der Waals surface area contributed by atoms with Crippen LogP contribution in [0.5, 0.6) is 0 Å². The topological polar surface area (TPSA) is 58.6 Å². The summed E-state index contributed by atoms with van der Waals surface area (Å²) in [7, 11) is 1.18. The van der Waals surface area contributed by atoms with Crippen LogP contribution in [0.4, 0.5) is 50.9 Å². The summed E-state index contributed by atoms with van der Waals surface area (Å²) in [5.41, 5.74) is -4.34. The first-order valence-corrected chi connectivity index (χ1v) is 9.50. The van der Waals surface area contributed by atoms with E-state index in [4.69, 9.17) is 4.74 Å². The molecule has 1 atom stereocenters. The first-order chi connectivity index (χ1) is 15.5. The first-order valence-electron chi connectivity index (χ1n) is 9.50. The van der Waals surface area contributed by atoms with Gasteiger partial charge in [0.05, 0.1) is 16.9 Å². The van der Waals surface area contributed by atoms with Gasteiger partial charge in [-0.05, 0) is 13.0 Å². The third kappa shape index (κ3) is 4.38. The van der Waals surface area contributed by atoms with Gasteiger partial charge in [0.2, 0.25) is 0 Å². The first kappa shape index (κ1) is 25.6. The Kier molecular flexibility index (Phi) is 6.27. The van der Waals surface area contributed by atoms with Gasteiger partial charge in [-0.2, -0.15) is 39.5 Å². The molecule has 0 saturated carbocycles. The zero-order valence-electron chi connectivity index (χ0n) is 17.3. The van der Waals surface area contributed by atoms with Gasteiger partial charge in [0, 0.05) is 35.5 Å². The van der Waals surface area contributed by atoms with E-state index >= 15 is 0 Å². The third-order valence-electron chi connectivity index (χ3n) is 5.06. The lowest BCUT2D eigenvalue weighted by Gasteiger charge is -2.36. The van der Waals surface area contributed by atoms with Crippen molar-refractivity contribution in [2.45, 2.75) is 31.6 Å². The molecule has 186 valence electrons. The number of carbonyl (C=O) groups is 2. The second kappa shape index (κ2) is 8.32. The molecule has 34 heavy (non-hydrogen) atoms. The van der Waals surface area contributed by atoms with Gasteiger partial charge >= 0.3 is 18.5 Å². The molecule has 1 aliphatic heterocycles. The molecule has 5 nitrogen and oxygen atoms in total. The maximum atomic E-state index is 13.5. The van der Waals surface area contributed by atoms with E-state index in [0.29, 0.717) is 0 Å². The maximum absolute atomic E-state index is 13.5. The SMILES string of the molecule is CCNc1c(C(=O)C(F)(F)F)cc(C(=O)C(F)(F)F)c2c3c(ccc12)C(C(F)(F)F)OCN3C. The molecule has 0 fully saturated rings. The molecule has 0 saturated heterocycles. The highest BCUT2D eigenvalue weighted by Gasteiger charge is 2.48. The molecule has 2 aromatic rings. The number of Topliss-reactive ketones (excluding diaryl/α,β-unsaturated/α-hetero) is 2. The second-order valence-corrected chi connectivity index (χ2v) is 7.37. The molecule has 2 aromatic carbocycles. The standard InChI is InChI=1S/C20H15F9N2O3/c1-3-30-13-8-4-5-9-14(31(2)7-34-17(9)20(27,28)29)12(8)10(15(32)18(21,22)23)6-11(13)16(33)19(24,25)26/h4-6,17,30H,3,7H2,1-2H3. The Morgan fingerprint density at radius 2 is 1.56 bits per heavy atom. The van der Waals surface area contributed by atoms with E-state index < -0.39 is 81.8 Å². The van der Waals surface area contributed by atoms with Gasteiger partial charge in [-0.25, -0.2) is 0 Å². The molecule has 14 heteroatoms. The number of ether oxygens (including phenoxy) is 1. The average molecular weight is 502 g/mol. The number of alkyl halides is 9. The van der Waals surface area contributed by atoms with Crippen molar-refractivity contribution in [2.24, 2.45) is 0 Å². The molecular formula is C20H15F9N2O3. The van der Waals surface area contributed by atoms with Crippen molar-refractivity contribution in [3.63, 3.8) is 0 Å². The van der Waals surface area contributed by atoms with Crippen molar-refractivity contribution in [3.8, 4) is 0 Å². The van der Waals surface area contributed by atoms with Gasteiger partial charge in [0.15, 0.2) is 6.10 Å². The number of benzene rings is 2. The van der Waals surface area contributed by atoms with E-state index in [1.165, 1.54) is 14.0 Å². The largest absolute Gasteiger partial charge is 0.454 e. The number of ketones is 2. The number of nitrogens with zero attached hydrogens (tertiary/aromatic N) is 1. The Morgan fingerprint density at radius 3 is 2.06 bits per heavy atom. The number of hydrogen-bond donors (Lipinski definition) is 1. The number of halogens is 9. The molecule has 0 amide bonds. The lowest BCUT2D eigenvalue weighted by molar-refractivity contribution is -0.225. The number of nitrogens with one attached hydrogen (secondary N) is 1. The summed E-state index contributed by atoms with van der Waals surface area (Å²) in [5.74, 6) is -5.14. The molecule has 1 aliphatic rings. The third-order valence-corrected chi connectivity index (χ3v) is 5.06. The average Bonchev–Trinajstić information content (AvgIpc) is 2.70. The molecular weight excluding hydrogens is 487 g/mol. The molecule has 0 bridgehead atoms. The fraction of sp³-hybridized carbons (Fsp3) is 0.400. The normalized spacial score (nSPS) is 17.0. The Bertz CT molecular complexity index is 1150. The zero-order valence-corrected chi connectivity index (χ0v) is 17.3. The van der Waals surface area contributed by atoms with Crippen molar-refractivity contribution in [2.75, 3.05) is 30.5 Å². The summed E-state index contributed by atoms with van der Waals surface area (Å²) in [6.07, 6.45) is -18.6. The van der Waals surface area contributed by atoms with Crippen molar-refractivity contribution >= 4 is 33.7 Å². The van der Waals surface area contributed by atoms with Crippen LogP contribution in [0, 0.1) is 0 Å². The molecule has 0 aromatic heterocycles. The Labute approximate surface area is 185 Å². The van der Waals surface area contributed by atoms with Gasteiger partial charge in [0.25, 0.3) is 11.6 Å². The predicted octanol–water partition coefficient (Wildman–Crippen LogP) is 5.79. The zero-order chi connectivity index (χ0) is 25.8. The van der Waals surface area contributed by atoms with Crippen LogP contribution in [0.2, 0.25) is 0 Å². The fourth-order valence-corrected chi connectivity index (χ4v) is 3.79. The molecule has 1 unspecified atom stereocenters. The van der Waals surface area contributed by atoms with E-state index in [2.05, 4.69) is 5.32 Å². The minimum atomic E-state index is -5.60. The Morgan fingerprint density at radius 1 is 1.00 bits per heavy atom. The summed E-state index contributed by atoms with van der Waals surface area (Å²) in [6, 6.07) is 1.78. The summed E-state index contributed by atoms with van der Waals surface area (Å²) in [6.45, 7) is 0.581. The van der Waals surface area contributed by atoms with Crippen molar-refractivity contribution in [1.82, 2.24) is 0 Å². The maximum Gasteiger partial charge on any atom is 0.454 e. The van der Waals surface area contributed by atoms with Crippen molar-refractivity contribution < 1.29 is 53.8 Å².